The standard InChI is InChI=1S/C15H20N4O3S2/c1-5-13(20)16-14-17-18-15(23-14)24(21,22)19-11(4)12-8-9(2)6-7-10(12)3/h6-8,11,19H,5H2,1-4H3,(H,16,17,20)/t11-/m1/s1. The second-order valence-corrected chi connectivity index (χ2v) is 8.34. The summed E-state index contributed by atoms with van der Waals surface area (Å²) in [5, 5.41) is 10.0. The highest BCUT2D eigenvalue weighted by molar-refractivity contribution is 7.91. The minimum atomic E-state index is -3.82. The van der Waals surface area contributed by atoms with Crippen molar-refractivity contribution < 1.29 is 13.2 Å². The number of nitrogens with zero attached hydrogens (tertiary/aromatic N) is 2. The molecule has 0 fully saturated rings. The fraction of sp³-hybridized carbons (Fsp3) is 0.400. The van der Waals surface area contributed by atoms with Gasteiger partial charge in [0.15, 0.2) is 0 Å². The van der Waals surface area contributed by atoms with Crippen LogP contribution in [-0.2, 0) is 14.8 Å². The fourth-order valence-corrected chi connectivity index (χ4v) is 4.30. The molecule has 0 saturated heterocycles. The van der Waals surface area contributed by atoms with Crippen molar-refractivity contribution in [1.29, 1.82) is 0 Å². The third kappa shape index (κ3) is 4.37. The molecule has 7 nitrogen and oxygen atoms in total. The van der Waals surface area contributed by atoms with E-state index in [4.69, 9.17) is 0 Å². The Balaban J connectivity index is 2.19. The van der Waals surface area contributed by atoms with Crippen molar-refractivity contribution in [3.63, 3.8) is 0 Å². The van der Waals surface area contributed by atoms with E-state index in [9.17, 15) is 13.2 Å². The van der Waals surface area contributed by atoms with Crippen molar-refractivity contribution in [3.05, 3.63) is 34.9 Å². The zero-order valence-corrected chi connectivity index (χ0v) is 15.6. The maximum Gasteiger partial charge on any atom is 0.270 e. The van der Waals surface area contributed by atoms with Crippen LogP contribution in [0.25, 0.3) is 0 Å². The van der Waals surface area contributed by atoms with Crippen LogP contribution < -0.4 is 10.0 Å². The van der Waals surface area contributed by atoms with E-state index in [-0.39, 0.29) is 21.8 Å². The monoisotopic (exact) mass is 368 g/mol. The summed E-state index contributed by atoms with van der Waals surface area (Å²) >= 11 is 0.823. The lowest BCUT2D eigenvalue weighted by molar-refractivity contribution is -0.115. The summed E-state index contributed by atoms with van der Waals surface area (Å²) in [4.78, 5) is 11.3. The fourth-order valence-electron chi connectivity index (χ4n) is 2.15. The number of aromatic nitrogens is 2. The Morgan fingerprint density at radius 3 is 2.67 bits per heavy atom. The number of carbonyl (C=O) groups is 1. The maximum atomic E-state index is 12.5. The number of anilines is 1. The van der Waals surface area contributed by atoms with Crippen LogP contribution in [0.1, 0.15) is 43.0 Å². The summed E-state index contributed by atoms with van der Waals surface area (Å²) in [6.07, 6.45) is 0.281. The summed E-state index contributed by atoms with van der Waals surface area (Å²) in [6, 6.07) is 5.48. The molecule has 2 N–H and O–H groups in total. The molecule has 1 amide bonds. The van der Waals surface area contributed by atoms with Crippen molar-refractivity contribution in [2.75, 3.05) is 5.32 Å². The van der Waals surface area contributed by atoms with E-state index >= 15 is 0 Å². The molecule has 1 heterocycles. The Bertz CT molecular complexity index is 846. The molecule has 1 atom stereocenters. The zero-order chi connectivity index (χ0) is 17.9. The zero-order valence-electron chi connectivity index (χ0n) is 14.0. The van der Waals surface area contributed by atoms with E-state index in [1.165, 1.54) is 0 Å². The number of nitrogens with one attached hydrogen (secondary N) is 2. The number of rotatable bonds is 6. The molecule has 0 bridgehead atoms. The first-order valence-corrected chi connectivity index (χ1v) is 9.75. The number of hydrogen-bond acceptors (Lipinski definition) is 6. The van der Waals surface area contributed by atoms with Gasteiger partial charge in [-0.25, -0.2) is 13.1 Å². The van der Waals surface area contributed by atoms with Gasteiger partial charge in [0.2, 0.25) is 15.4 Å². The highest BCUT2D eigenvalue weighted by atomic mass is 32.2. The smallest absolute Gasteiger partial charge is 0.270 e. The SMILES string of the molecule is CCC(=O)Nc1nnc(S(=O)(=O)N[C@H](C)c2cc(C)ccc2C)s1. The highest BCUT2D eigenvalue weighted by Crippen LogP contribution is 2.24. The van der Waals surface area contributed by atoms with E-state index < -0.39 is 16.1 Å². The molecule has 2 rings (SSSR count). The van der Waals surface area contributed by atoms with Gasteiger partial charge in [-0.05, 0) is 31.9 Å². The Morgan fingerprint density at radius 2 is 2.00 bits per heavy atom. The van der Waals surface area contributed by atoms with Gasteiger partial charge in [-0.3, -0.25) is 4.79 Å². The lowest BCUT2D eigenvalue weighted by atomic mass is 10.0. The number of sulfonamides is 1. The van der Waals surface area contributed by atoms with Crippen LogP contribution in [0, 0.1) is 13.8 Å². The van der Waals surface area contributed by atoms with Crippen LogP contribution >= 0.6 is 11.3 Å². The molecule has 0 aliphatic rings. The van der Waals surface area contributed by atoms with Crippen LogP contribution in [0.5, 0.6) is 0 Å². The Kier molecular flexibility index (Phi) is 5.68. The molecule has 130 valence electrons. The van der Waals surface area contributed by atoms with Crippen molar-refractivity contribution in [1.82, 2.24) is 14.9 Å². The lowest BCUT2D eigenvalue weighted by Gasteiger charge is -2.16. The number of hydrogen-bond donors (Lipinski definition) is 2. The Labute approximate surface area is 145 Å². The van der Waals surface area contributed by atoms with Gasteiger partial charge in [0.25, 0.3) is 10.0 Å². The average Bonchev–Trinajstić information content (AvgIpc) is 2.98. The predicted molar refractivity (Wildman–Crippen MR) is 93.5 cm³/mol. The van der Waals surface area contributed by atoms with Gasteiger partial charge >= 0.3 is 0 Å². The number of aryl methyl sites for hydroxylation is 2. The lowest BCUT2D eigenvalue weighted by Crippen LogP contribution is -2.27. The second-order valence-electron chi connectivity index (χ2n) is 5.48. The molecule has 0 spiro atoms. The molecule has 9 heteroatoms. The average molecular weight is 368 g/mol. The quantitative estimate of drug-likeness (QED) is 0.763. The summed E-state index contributed by atoms with van der Waals surface area (Å²) in [6.45, 7) is 7.36. The Hall–Kier alpha value is -1.84. The van der Waals surface area contributed by atoms with E-state index in [1.54, 1.807) is 13.8 Å². The molecule has 1 aromatic carbocycles. The molecule has 0 unspecified atom stereocenters. The molecular weight excluding hydrogens is 348 g/mol. The number of amides is 1. The molecule has 0 aliphatic heterocycles. The van der Waals surface area contributed by atoms with Gasteiger partial charge in [-0.2, -0.15) is 0 Å². The van der Waals surface area contributed by atoms with Crippen LogP contribution in [0.4, 0.5) is 5.13 Å². The topological polar surface area (TPSA) is 101 Å². The molecule has 0 saturated carbocycles. The molecule has 1 aromatic heterocycles. The van der Waals surface area contributed by atoms with Crippen LogP contribution in [0.15, 0.2) is 22.5 Å². The third-order valence-electron chi connectivity index (χ3n) is 3.44. The molecule has 0 radical (unpaired) electrons. The third-order valence-corrected chi connectivity index (χ3v) is 6.18. The van der Waals surface area contributed by atoms with E-state index in [0.29, 0.717) is 0 Å². The van der Waals surface area contributed by atoms with Crippen LogP contribution in [0.2, 0.25) is 0 Å². The van der Waals surface area contributed by atoms with E-state index in [0.717, 1.165) is 28.0 Å². The summed E-state index contributed by atoms with van der Waals surface area (Å²) in [7, 11) is -3.82. The molecule has 24 heavy (non-hydrogen) atoms. The van der Waals surface area contributed by atoms with Gasteiger partial charge in [-0.1, -0.05) is 42.0 Å². The van der Waals surface area contributed by atoms with Crippen molar-refractivity contribution in [3.8, 4) is 0 Å². The maximum absolute atomic E-state index is 12.5. The second kappa shape index (κ2) is 7.37. The summed E-state index contributed by atoms with van der Waals surface area (Å²) in [5.41, 5.74) is 2.97. The normalized spacial score (nSPS) is 12.8. The van der Waals surface area contributed by atoms with Gasteiger partial charge in [0.05, 0.1) is 0 Å². The van der Waals surface area contributed by atoms with Gasteiger partial charge in [0, 0.05) is 12.5 Å². The van der Waals surface area contributed by atoms with Gasteiger partial charge < -0.3 is 5.32 Å². The first kappa shape index (κ1) is 18.5. The summed E-state index contributed by atoms with van der Waals surface area (Å²) < 4.78 is 27.4. The van der Waals surface area contributed by atoms with Crippen LogP contribution in [0.3, 0.4) is 0 Å². The minimum absolute atomic E-state index is 0.168. The van der Waals surface area contributed by atoms with Gasteiger partial charge in [-0.15, -0.1) is 10.2 Å². The van der Waals surface area contributed by atoms with Crippen LogP contribution in [-0.4, -0.2) is 24.5 Å². The van der Waals surface area contributed by atoms with Crippen molar-refractivity contribution in [2.45, 2.75) is 44.5 Å². The highest BCUT2D eigenvalue weighted by Gasteiger charge is 2.24. The first-order valence-electron chi connectivity index (χ1n) is 7.45. The number of carbonyl (C=O) groups excluding carboxylic acids is 1. The minimum Gasteiger partial charge on any atom is -0.301 e. The summed E-state index contributed by atoms with van der Waals surface area (Å²) in [5.74, 6) is -0.244. The Morgan fingerprint density at radius 1 is 1.29 bits per heavy atom. The van der Waals surface area contributed by atoms with E-state index in [2.05, 4.69) is 20.2 Å². The van der Waals surface area contributed by atoms with E-state index in [1.807, 2.05) is 32.0 Å². The predicted octanol–water partition coefficient (Wildman–Crippen LogP) is 2.54. The largest absolute Gasteiger partial charge is 0.301 e. The first-order chi connectivity index (χ1) is 11.2. The van der Waals surface area contributed by atoms with Crippen molar-refractivity contribution >= 4 is 32.4 Å². The number of benzene rings is 1. The van der Waals surface area contributed by atoms with Crippen molar-refractivity contribution in [2.24, 2.45) is 0 Å². The molecular formula is C15H20N4O3S2. The molecule has 0 aliphatic carbocycles. The van der Waals surface area contributed by atoms with Gasteiger partial charge in [0.1, 0.15) is 0 Å². The molecule has 2 aromatic rings.